The summed E-state index contributed by atoms with van der Waals surface area (Å²) >= 11 is 5.53. The van der Waals surface area contributed by atoms with Crippen LogP contribution in [-0.2, 0) is 4.79 Å². The lowest BCUT2D eigenvalue weighted by Gasteiger charge is -2.07. The van der Waals surface area contributed by atoms with E-state index in [-0.39, 0.29) is 11.3 Å². The maximum Gasteiger partial charge on any atom is 0.251 e. The van der Waals surface area contributed by atoms with E-state index in [9.17, 15) is 14.0 Å². The number of carbonyl (C=O) groups is 2. The Kier molecular flexibility index (Phi) is 3.84. The van der Waals surface area contributed by atoms with Gasteiger partial charge in [-0.2, -0.15) is 0 Å². The molecule has 1 aromatic rings. The molecule has 0 spiro atoms. The smallest absolute Gasteiger partial charge is 0.251 e. The first kappa shape index (κ1) is 12.4. The maximum atomic E-state index is 13.1. The normalized spacial score (nSPS) is 11.9. The summed E-state index contributed by atoms with van der Waals surface area (Å²) in [6, 6.07) is 3.53. The van der Waals surface area contributed by atoms with Crippen LogP contribution in [0.3, 0.4) is 0 Å². The third-order valence-corrected chi connectivity index (χ3v) is 2.06. The molecule has 0 fully saturated rings. The van der Waals surface area contributed by atoms with Crippen LogP contribution in [0.15, 0.2) is 18.2 Å². The highest BCUT2D eigenvalue weighted by Crippen LogP contribution is 2.15. The first-order valence-electron chi connectivity index (χ1n) is 4.46. The molecular formula is C10H10ClFN2O2. The number of alkyl halides is 1. The fraction of sp³-hybridized carbons (Fsp3) is 0.200. The highest BCUT2D eigenvalue weighted by molar-refractivity contribution is 6.32. The van der Waals surface area contributed by atoms with Crippen LogP contribution in [-0.4, -0.2) is 17.2 Å². The molecule has 6 heteroatoms. The Morgan fingerprint density at radius 2 is 2.12 bits per heavy atom. The molecule has 86 valence electrons. The van der Waals surface area contributed by atoms with Gasteiger partial charge < -0.3 is 11.1 Å². The SMILES string of the molecule is CC(Cl)C(=O)Nc1ccc(F)c(C(N)=O)c1. The first-order chi connectivity index (χ1) is 7.41. The van der Waals surface area contributed by atoms with Crippen molar-refractivity contribution in [3.05, 3.63) is 29.6 Å². The van der Waals surface area contributed by atoms with Crippen LogP contribution >= 0.6 is 11.6 Å². The molecule has 0 saturated heterocycles. The zero-order chi connectivity index (χ0) is 12.3. The van der Waals surface area contributed by atoms with Gasteiger partial charge in [-0.25, -0.2) is 4.39 Å². The van der Waals surface area contributed by atoms with E-state index >= 15 is 0 Å². The molecule has 1 rings (SSSR count). The van der Waals surface area contributed by atoms with Gasteiger partial charge >= 0.3 is 0 Å². The van der Waals surface area contributed by atoms with Crippen LogP contribution in [0, 0.1) is 5.82 Å². The molecule has 2 amide bonds. The average Bonchev–Trinajstić information content (AvgIpc) is 2.20. The highest BCUT2D eigenvalue weighted by Gasteiger charge is 2.12. The van der Waals surface area contributed by atoms with E-state index in [1.54, 1.807) is 0 Å². The summed E-state index contributed by atoms with van der Waals surface area (Å²) in [6.07, 6.45) is 0. The molecule has 1 aromatic carbocycles. The molecule has 3 N–H and O–H groups in total. The Morgan fingerprint density at radius 3 is 2.62 bits per heavy atom. The molecule has 0 aliphatic heterocycles. The third kappa shape index (κ3) is 2.93. The lowest BCUT2D eigenvalue weighted by Crippen LogP contribution is -2.21. The van der Waals surface area contributed by atoms with Crippen LogP contribution in [0.2, 0.25) is 0 Å². The van der Waals surface area contributed by atoms with Crippen LogP contribution in [0.25, 0.3) is 0 Å². The summed E-state index contributed by atoms with van der Waals surface area (Å²) in [5.41, 5.74) is 4.95. The molecule has 16 heavy (non-hydrogen) atoms. The zero-order valence-electron chi connectivity index (χ0n) is 8.46. The quantitative estimate of drug-likeness (QED) is 0.791. The van der Waals surface area contributed by atoms with Crippen molar-refractivity contribution in [1.29, 1.82) is 0 Å². The minimum atomic E-state index is -0.896. The number of amides is 2. The largest absolute Gasteiger partial charge is 0.366 e. The summed E-state index contributed by atoms with van der Waals surface area (Å²) < 4.78 is 13.1. The zero-order valence-corrected chi connectivity index (χ0v) is 9.22. The van der Waals surface area contributed by atoms with E-state index < -0.39 is 23.0 Å². The van der Waals surface area contributed by atoms with Gasteiger partial charge in [0.2, 0.25) is 5.91 Å². The molecular weight excluding hydrogens is 235 g/mol. The van der Waals surface area contributed by atoms with Gasteiger partial charge in [0.1, 0.15) is 11.2 Å². The fourth-order valence-electron chi connectivity index (χ4n) is 1.03. The van der Waals surface area contributed by atoms with Crippen LogP contribution in [0.4, 0.5) is 10.1 Å². The maximum absolute atomic E-state index is 13.1. The van der Waals surface area contributed by atoms with Gasteiger partial charge in [-0.05, 0) is 25.1 Å². The first-order valence-corrected chi connectivity index (χ1v) is 4.89. The van der Waals surface area contributed by atoms with Gasteiger partial charge in [0.15, 0.2) is 0 Å². The molecule has 0 radical (unpaired) electrons. The Labute approximate surface area is 96.6 Å². The number of carbonyl (C=O) groups excluding carboxylic acids is 2. The van der Waals surface area contributed by atoms with Crippen molar-refractivity contribution in [2.45, 2.75) is 12.3 Å². The summed E-state index contributed by atoms with van der Waals surface area (Å²) in [4.78, 5) is 22.1. The molecule has 0 aromatic heterocycles. The number of nitrogens with two attached hydrogens (primary N) is 1. The summed E-state index contributed by atoms with van der Waals surface area (Å²) in [7, 11) is 0. The molecule has 0 aliphatic carbocycles. The van der Waals surface area contributed by atoms with E-state index in [1.165, 1.54) is 13.0 Å². The van der Waals surface area contributed by atoms with E-state index in [4.69, 9.17) is 17.3 Å². The Balaban J connectivity index is 2.95. The van der Waals surface area contributed by atoms with Crippen LogP contribution < -0.4 is 11.1 Å². The number of primary amides is 1. The minimum Gasteiger partial charge on any atom is -0.366 e. The lowest BCUT2D eigenvalue weighted by molar-refractivity contribution is -0.115. The van der Waals surface area contributed by atoms with Gasteiger partial charge in [-0.15, -0.1) is 11.6 Å². The van der Waals surface area contributed by atoms with Gasteiger partial charge in [0.05, 0.1) is 5.56 Å². The van der Waals surface area contributed by atoms with Crippen molar-refractivity contribution in [2.75, 3.05) is 5.32 Å². The second-order valence-corrected chi connectivity index (χ2v) is 3.82. The van der Waals surface area contributed by atoms with Crippen molar-refractivity contribution in [3.8, 4) is 0 Å². The van der Waals surface area contributed by atoms with Crippen molar-refractivity contribution in [1.82, 2.24) is 0 Å². The monoisotopic (exact) mass is 244 g/mol. The molecule has 0 saturated carbocycles. The predicted octanol–water partition coefficient (Wildman–Crippen LogP) is 1.49. The summed E-state index contributed by atoms with van der Waals surface area (Å²) in [5, 5.41) is 1.70. The van der Waals surface area contributed by atoms with Gasteiger partial charge in [-0.3, -0.25) is 9.59 Å². The number of halogens is 2. The molecule has 4 nitrogen and oxygen atoms in total. The van der Waals surface area contributed by atoms with Crippen molar-refractivity contribution in [3.63, 3.8) is 0 Å². The van der Waals surface area contributed by atoms with Gasteiger partial charge in [-0.1, -0.05) is 0 Å². The number of nitrogens with one attached hydrogen (secondary N) is 1. The van der Waals surface area contributed by atoms with Crippen LogP contribution in [0.5, 0.6) is 0 Å². The van der Waals surface area contributed by atoms with E-state index in [0.29, 0.717) is 0 Å². The molecule has 1 atom stereocenters. The standard InChI is InChI=1S/C10H10ClFN2O2/c1-5(11)10(16)14-6-2-3-8(12)7(4-6)9(13)15/h2-5H,1H3,(H2,13,15)(H,14,16). The van der Waals surface area contributed by atoms with Crippen molar-refractivity contribution < 1.29 is 14.0 Å². The summed E-state index contributed by atoms with van der Waals surface area (Å²) in [6.45, 7) is 1.50. The number of benzene rings is 1. The fourth-order valence-corrected chi connectivity index (χ4v) is 1.09. The number of anilines is 1. The average molecular weight is 245 g/mol. The van der Waals surface area contributed by atoms with Crippen molar-refractivity contribution >= 4 is 29.1 Å². The number of hydrogen-bond acceptors (Lipinski definition) is 2. The Bertz CT molecular complexity index is 435. The second kappa shape index (κ2) is 4.94. The molecule has 0 aliphatic rings. The van der Waals surface area contributed by atoms with Gasteiger partial charge in [0, 0.05) is 5.69 Å². The number of hydrogen-bond donors (Lipinski definition) is 2. The third-order valence-electron chi connectivity index (χ3n) is 1.86. The van der Waals surface area contributed by atoms with E-state index in [1.807, 2.05) is 0 Å². The Morgan fingerprint density at radius 1 is 1.50 bits per heavy atom. The van der Waals surface area contributed by atoms with Gasteiger partial charge in [0.25, 0.3) is 5.91 Å². The molecule has 0 bridgehead atoms. The van der Waals surface area contributed by atoms with E-state index in [0.717, 1.165) is 12.1 Å². The molecule has 0 heterocycles. The lowest BCUT2D eigenvalue weighted by atomic mass is 10.1. The van der Waals surface area contributed by atoms with E-state index in [2.05, 4.69) is 5.32 Å². The second-order valence-electron chi connectivity index (χ2n) is 3.16. The number of rotatable bonds is 3. The molecule has 1 unspecified atom stereocenters. The topological polar surface area (TPSA) is 72.2 Å². The van der Waals surface area contributed by atoms with Crippen molar-refractivity contribution in [2.24, 2.45) is 5.73 Å². The predicted molar refractivity (Wildman–Crippen MR) is 58.9 cm³/mol. The minimum absolute atomic E-state index is 0.271. The Hall–Kier alpha value is -1.62. The highest BCUT2D eigenvalue weighted by atomic mass is 35.5. The van der Waals surface area contributed by atoms with Crippen LogP contribution in [0.1, 0.15) is 17.3 Å². The summed E-state index contributed by atoms with van der Waals surface area (Å²) in [5.74, 6) is -2.07.